The number of hydrogen-bond donors (Lipinski definition) is 4. The van der Waals surface area contributed by atoms with Crippen LogP contribution in [-0.2, 0) is 0 Å². The molecule has 0 aliphatic carbocycles. The number of nitrogens with zero attached hydrogens (tertiary/aromatic N) is 1. The van der Waals surface area contributed by atoms with Gasteiger partial charge in [-0.25, -0.2) is 0 Å². The zero-order valence-corrected chi connectivity index (χ0v) is 6.25. The lowest BCUT2D eigenvalue weighted by Crippen LogP contribution is -2.41. The fourth-order valence-electron chi connectivity index (χ4n) is 1.19. The summed E-state index contributed by atoms with van der Waals surface area (Å²) in [5, 5.41) is 25.3. The second-order valence-electron chi connectivity index (χ2n) is 2.94. The largest absolute Gasteiger partial charge is 0.393 e. The van der Waals surface area contributed by atoms with Crippen molar-refractivity contribution >= 4 is 5.96 Å². The van der Waals surface area contributed by atoms with E-state index in [0.717, 1.165) is 0 Å². The molecule has 1 aliphatic heterocycles. The molecule has 5 N–H and O–H groups in total. The first kappa shape index (κ1) is 8.29. The van der Waals surface area contributed by atoms with Crippen LogP contribution in [0, 0.1) is 5.41 Å². The Bertz CT molecular complexity index is 173. The van der Waals surface area contributed by atoms with Gasteiger partial charge in [0.05, 0.1) is 13.2 Å². The molecule has 11 heavy (non-hydrogen) atoms. The topological polar surface area (TPSA) is 93.6 Å². The van der Waals surface area contributed by atoms with Gasteiger partial charge in [0.1, 0.15) is 5.60 Å². The van der Waals surface area contributed by atoms with E-state index in [2.05, 4.69) is 0 Å². The summed E-state index contributed by atoms with van der Waals surface area (Å²) in [6.07, 6.45) is 0.475. The number of β-amino-alcohol motifs (C(OH)–C–C–N with tert-alkyl or cyclic N) is 1. The van der Waals surface area contributed by atoms with Crippen molar-refractivity contribution in [1.29, 1.82) is 5.41 Å². The van der Waals surface area contributed by atoms with Gasteiger partial charge < -0.3 is 20.8 Å². The van der Waals surface area contributed by atoms with Crippen molar-refractivity contribution in [2.75, 3.05) is 19.7 Å². The summed E-state index contributed by atoms with van der Waals surface area (Å²) in [4.78, 5) is 1.54. The maximum atomic E-state index is 9.48. The fourth-order valence-corrected chi connectivity index (χ4v) is 1.19. The number of nitrogens with two attached hydrogens (primary N) is 1. The van der Waals surface area contributed by atoms with Gasteiger partial charge in [-0.2, -0.15) is 0 Å². The first-order chi connectivity index (χ1) is 5.07. The molecule has 1 unspecified atom stereocenters. The van der Waals surface area contributed by atoms with Crippen LogP contribution in [0.4, 0.5) is 0 Å². The normalized spacial score (nSPS) is 30.9. The summed E-state index contributed by atoms with van der Waals surface area (Å²) in [6, 6.07) is 0. The number of aliphatic hydroxyl groups is 2. The number of likely N-dealkylation sites (tertiary alicyclic amines) is 1. The molecule has 5 nitrogen and oxygen atoms in total. The number of aliphatic hydroxyl groups excluding tert-OH is 1. The van der Waals surface area contributed by atoms with E-state index in [-0.39, 0.29) is 19.1 Å². The zero-order chi connectivity index (χ0) is 8.48. The van der Waals surface area contributed by atoms with E-state index >= 15 is 0 Å². The Kier molecular flexibility index (Phi) is 2.01. The Morgan fingerprint density at radius 1 is 1.73 bits per heavy atom. The van der Waals surface area contributed by atoms with E-state index < -0.39 is 5.60 Å². The maximum absolute atomic E-state index is 9.48. The van der Waals surface area contributed by atoms with Crippen LogP contribution < -0.4 is 5.73 Å². The van der Waals surface area contributed by atoms with Crippen LogP contribution in [0.1, 0.15) is 6.42 Å². The number of hydrogen-bond acceptors (Lipinski definition) is 3. The quantitative estimate of drug-likeness (QED) is 0.271. The van der Waals surface area contributed by atoms with Crippen molar-refractivity contribution < 1.29 is 10.2 Å². The van der Waals surface area contributed by atoms with E-state index in [4.69, 9.17) is 16.2 Å². The molecule has 0 saturated carbocycles. The number of guanidine groups is 1. The molecule has 1 saturated heterocycles. The predicted octanol–water partition coefficient (Wildman–Crippen LogP) is -1.69. The highest BCUT2D eigenvalue weighted by Gasteiger charge is 2.35. The molecular weight excluding hydrogens is 146 g/mol. The molecule has 0 radical (unpaired) electrons. The minimum Gasteiger partial charge on any atom is -0.393 e. The van der Waals surface area contributed by atoms with Crippen molar-refractivity contribution in [3.05, 3.63) is 0 Å². The molecule has 1 rings (SSSR count). The molecule has 0 spiro atoms. The van der Waals surface area contributed by atoms with Crippen LogP contribution in [0.2, 0.25) is 0 Å². The SMILES string of the molecule is N=C(N)N1CCC(O)(CO)C1. The summed E-state index contributed by atoms with van der Waals surface area (Å²) in [5.41, 5.74) is 4.14. The van der Waals surface area contributed by atoms with Gasteiger partial charge >= 0.3 is 0 Å². The molecule has 1 fully saturated rings. The molecule has 5 heteroatoms. The minimum absolute atomic E-state index is 0.0469. The third kappa shape index (κ3) is 1.61. The second-order valence-corrected chi connectivity index (χ2v) is 2.94. The van der Waals surface area contributed by atoms with E-state index in [0.29, 0.717) is 13.0 Å². The van der Waals surface area contributed by atoms with Crippen LogP contribution >= 0.6 is 0 Å². The fraction of sp³-hybridized carbons (Fsp3) is 0.833. The monoisotopic (exact) mass is 159 g/mol. The minimum atomic E-state index is -1.05. The Hall–Kier alpha value is -0.810. The summed E-state index contributed by atoms with van der Waals surface area (Å²) in [5.74, 6) is -0.0469. The number of nitrogens with one attached hydrogen (secondary N) is 1. The van der Waals surface area contributed by atoms with Gasteiger partial charge in [-0.05, 0) is 6.42 Å². The first-order valence-electron chi connectivity index (χ1n) is 3.50. The Morgan fingerprint density at radius 2 is 2.36 bits per heavy atom. The third-order valence-electron chi connectivity index (χ3n) is 1.97. The molecule has 64 valence electrons. The number of rotatable bonds is 1. The molecular formula is C6H13N3O2. The Morgan fingerprint density at radius 3 is 2.64 bits per heavy atom. The van der Waals surface area contributed by atoms with Gasteiger partial charge in [0.15, 0.2) is 5.96 Å². The van der Waals surface area contributed by atoms with Crippen molar-refractivity contribution in [2.24, 2.45) is 5.73 Å². The van der Waals surface area contributed by atoms with Crippen LogP contribution in [0.3, 0.4) is 0 Å². The molecule has 1 heterocycles. The van der Waals surface area contributed by atoms with Gasteiger partial charge in [-0.3, -0.25) is 5.41 Å². The lowest BCUT2D eigenvalue weighted by molar-refractivity contribution is -0.00146. The summed E-state index contributed by atoms with van der Waals surface area (Å²) >= 11 is 0. The van der Waals surface area contributed by atoms with Crippen molar-refractivity contribution in [3.63, 3.8) is 0 Å². The van der Waals surface area contributed by atoms with Gasteiger partial charge in [-0.15, -0.1) is 0 Å². The molecule has 0 aromatic carbocycles. The molecule has 0 amide bonds. The second kappa shape index (κ2) is 2.67. The van der Waals surface area contributed by atoms with Gasteiger partial charge in [0.25, 0.3) is 0 Å². The Balaban J connectivity index is 2.53. The summed E-state index contributed by atoms with van der Waals surface area (Å²) in [7, 11) is 0. The molecule has 1 atom stereocenters. The lowest BCUT2D eigenvalue weighted by Gasteiger charge is -2.20. The average molecular weight is 159 g/mol. The molecule has 0 aromatic rings. The lowest BCUT2D eigenvalue weighted by atomic mass is 10.1. The van der Waals surface area contributed by atoms with Crippen LogP contribution in [-0.4, -0.2) is 46.4 Å². The third-order valence-corrected chi connectivity index (χ3v) is 1.97. The summed E-state index contributed by atoms with van der Waals surface area (Å²) < 4.78 is 0. The van der Waals surface area contributed by atoms with E-state index in [1.165, 1.54) is 4.90 Å². The van der Waals surface area contributed by atoms with E-state index in [1.807, 2.05) is 0 Å². The summed E-state index contributed by atoms with van der Waals surface area (Å²) in [6.45, 7) is 0.544. The van der Waals surface area contributed by atoms with Crippen LogP contribution in [0.15, 0.2) is 0 Å². The molecule has 0 aromatic heterocycles. The van der Waals surface area contributed by atoms with Crippen molar-refractivity contribution in [3.8, 4) is 0 Å². The molecule has 1 aliphatic rings. The first-order valence-corrected chi connectivity index (χ1v) is 3.50. The Labute approximate surface area is 64.9 Å². The highest BCUT2D eigenvalue weighted by Crippen LogP contribution is 2.19. The van der Waals surface area contributed by atoms with Crippen molar-refractivity contribution in [2.45, 2.75) is 12.0 Å². The van der Waals surface area contributed by atoms with Gasteiger partial charge in [0, 0.05) is 6.54 Å². The van der Waals surface area contributed by atoms with Crippen LogP contribution in [0.5, 0.6) is 0 Å². The van der Waals surface area contributed by atoms with E-state index in [9.17, 15) is 5.11 Å². The standard InChI is InChI=1S/C6H13N3O2/c7-5(8)9-2-1-6(11,3-9)4-10/h10-11H,1-4H2,(H3,7,8). The zero-order valence-electron chi connectivity index (χ0n) is 6.25. The van der Waals surface area contributed by atoms with Crippen LogP contribution in [0.25, 0.3) is 0 Å². The predicted molar refractivity (Wildman–Crippen MR) is 40.1 cm³/mol. The highest BCUT2D eigenvalue weighted by atomic mass is 16.3. The smallest absolute Gasteiger partial charge is 0.188 e. The van der Waals surface area contributed by atoms with Crippen molar-refractivity contribution in [1.82, 2.24) is 4.90 Å². The maximum Gasteiger partial charge on any atom is 0.188 e. The average Bonchev–Trinajstić information content (AvgIpc) is 2.33. The van der Waals surface area contributed by atoms with E-state index in [1.54, 1.807) is 0 Å². The van der Waals surface area contributed by atoms with Gasteiger partial charge in [0.2, 0.25) is 0 Å². The van der Waals surface area contributed by atoms with Gasteiger partial charge in [-0.1, -0.05) is 0 Å². The molecule has 0 bridgehead atoms. The highest BCUT2D eigenvalue weighted by molar-refractivity contribution is 5.75.